The Hall–Kier alpha value is 0.210. The fourth-order valence-corrected chi connectivity index (χ4v) is 2.61. The van der Waals surface area contributed by atoms with E-state index in [0.29, 0.717) is 6.10 Å². The van der Waals surface area contributed by atoms with Crippen LogP contribution in [0.15, 0.2) is 0 Å². The molecule has 0 aromatic heterocycles. The van der Waals surface area contributed by atoms with Crippen LogP contribution >= 0.6 is 11.6 Å². The Kier molecular flexibility index (Phi) is 4.73. The lowest BCUT2D eigenvalue weighted by Crippen LogP contribution is -2.44. The molecule has 0 spiro atoms. The first-order valence-electron chi connectivity index (χ1n) is 6.32. The van der Waals surface area contributed by atoms with E-state index in [-0.39, 0.29) is 0 Å². The summed E-state index contributed by atoms with van der Waals surface area (Å²) in [6, 6.07) is 0.831. The van der Waals surface area contributed by atoms with Gasteiger partial charge in [-0.25, -0.2) is 0 Å². The van der Waals surface area contributed by atoms with Gasteiger partial charge < -0.3 is 4.74 Å². The topological polar surface area (TPSA) is 12.5 Å². The molecule has 1 saturated carbocycles. The Bertz CT molecular complexity index is 178. The second kappa shape index (κ2) is 6.07. The fraction of sp³-hybridized carbons (Fsp3) is 1.00. The van der Waals surface area contributed by atoms with Crippen molar-refractivity contribution >= 4 is 11.6 Å². The smallest absolute Gasteiger partial charge is 0.0702 e. The highest BCUT2D eigenvalue weighted by Gasteiger charge is 2.27. The van der Waals surface area contributed by atoms with Crippen molar-refractivity contribution in [1.29, 1.82) is 0 Å². The first-order valence-corrected chi connectivity index (χ1v) is 6.85. The lowest BCUT2D eigenvalue weighted by Gasteiger charge is -2.38. The Balaban J connectivity index is 1.75. The lowest BCUT2D eigenvalue weighted by atomic mass is 9.91. The van der Waals surface area contributed by atoms with Crippen molar-refractivity contribution in [3.8, 4) is 0 Å². The molecule has 0 N–H and O–H groups in total. The van der Waals surface area contributed by atoms with Gasteiger partial charge in [-0.3, -0.25) is 4.90 Å². The fourth-order valence-electron chi connectivity index (χ4n) is 2.49. The summed E-state index contributed by atoms with van der Waals surface area (Å²) < 4.78 is 5.71. The lowest BCUT2D eigenvalue weighted by molar-refractivity contribution is 0.0385. The molecular weight excluding hydrogens is 210 g/mol. The van der Waals surface area contributed by atoms with E-state index in [0.717, 1.165) is 38.0 Å². The zero-order valence-electron chi connectivity index (χ0n) is 9.46. The monoisotopic (exact) mass is 231 g/mol. The molecule has 1 aliphatic heterocycles. The Morgan fingerprint density at radius 1 is 1.20 bits per heavy atom. The van der Waals surface area contributed by atoms with E-state index in [9.17, 15) is 0 Å². The number of hydrogen-bond donors (Lipinski definition) is 0. The summed E-state index contributed by atoms with van der Waals surface area (Å²) in [7, 11) is 0. The van der Waals surface area contributed by atoms with Crippen LogP contribution in [0.2, 0.25) is 0 Å². The summed E-state index contributed by atoms with van der Waals surface area (Å²) in [4.78, 5) is 2.61. The van der Waals surface area contributed by atoms with E-state index in [2.05, 4.69) is 4.90 Å². The minimum atomic E-state index is 0.501. The molecule has 1 unspecified atom stereocenters. The predicted octanol–water partition coefficient (Wildman–Crippen LogP) is 2.65. The van der Waals surface area contributed by atoms with Crippen LogP contribution in [0.25, 0.3) is 0 Å². The van der Waals surface area contributed by atoms with Gasteiger partial charge in [0.15, 0.2) is 0 Å². The number of ether oxygens (including phenoxy) is 1. The third-order valence-electron chi connectivity index (χ3n) is 3.63. The van der Waals surface area contributed by atoms with Crippen LogP contribution < -0.4 is 0 Å². The van der Waals surface area contributed by atoms with Crippen LogP contribution in [-0.2, 0) is 4.74 Å². The molecule has 0 amide bonds. The Labute approximate surface area is 97.9 Å². The zero-order valence-corrected chi connectivity index (χ0v) is 10.2. The second-order valence-corrected chi connectivity index (χ2v) is 5.14. The standard InChI is InChI=1S/C12H22ClNO/c13-7-3-8-14(11-4-1-5-11)10-12-6-2-9-15-12/h11-12H,1-10H2. The maximum Gasteiger partial charge on any atom is 0.0702 e. The van der Waals surface area contributed by atoms with E-state index in [1.54, 1.807) is 0 Å². The number of nitrogens with zero attached hydrogens (tertiary/aromatic N) is 1. The van der Waals surface area contributed by atoms with Gasteiger partial charge in [-0.15, -0.1) is 11.6 Å². The molecule has 2 fully saturated rings. The largest absolute Gasteiger partial charge is 0.377 e. The van der Waals surface area contributed by atoms with Gasteiger partial charge in [-0.05, 0) is 38.6 Å². The van der Waals surface area contributed by atoms with Crippen LogP contribution in [-0.4, -0.2) is 42.6 Å². The van der Waals surface area contributed by atoms with Crippen LogP contribution in [0, 0.1) is 0 Å². The van der Waals surface area contributed by atoms with E-state index < -0.39 is 0 Å². The molecule has 0 aromatic rings. The quantitative estimate of drug-likeness (QED) is 0.652. The van der Waals surface area contributed by atoms with Gasteiger partial charge in [-0.1, -0.05) is 6.42 Å². The maximum atomic E-state index is 5.77. The molecule has 0 bridgehead atoms. The number of alkyl halides is 1. The molecule has 1 heterocycles. The number of rotatable bonds is 6. The minimum Gasteiger partial charge on any atom is -0.377 e. The average Bonchev–Trinajstić information content (AvgIpc) is 2.64. The van der Waals surface area contributed by atoms with Crippen molar-refractivity contribution in [3.05, 3.63) is 0 Å². The summed E-state index contributed by atoms with van der Waals surface area (Å²) in [5.74, 6) is 0.786. The summed E-state index contributed by atoms with van der Waals surface area (Å²) in [5.41, 5.74) is 0. The third-order valence-corrected chi connectivity index (χ3v) is 3.90. The van der Waals surface area contributed by atoms with Crippen LogP contribution in [0.5, 0.6) is 0 Å². The first kappa shape index (κ1) is 11.7. The van der Waals surface area contributed by atoms with Crippen molar-refractivity contribution < 1.29 is 4.74 Å². The number of hydrogen-bond acceptors (Lipinski definition) is 2. The van der Waals surface area contributed by atoms with Crippen molar-refractivity contribution in [2.45, 2.75) is 50.7 Å². The molecule has 0 aromatic carbocycles. The van der Waals surface area contributed by atoms with Gasteiger partial charge in [0, 0.05) is 25.1 Å². The van der Waals surface area contributed by atoms with Gasteiger partial charge in [0.25, 0.3) is 0 Å². The van der Waals surface area contributed by atoms with Gasteiger partial charge >= 0.3 is 0 Å². The molecule has 2 nitrogen and oxygen atoms in total. The second-order valence-electron chi connectivity index (χ2n) is 4.76. The number of halogens is 1. The highest BCUT2D eigenvalue weighted by molar-refractivity contribution is 6.17. The highest BCUT2D eigenvalue weighted by atomic mass is 35.5. The SMILES string of the molecule is ClCCCN(CC1CCCO1)C1CCC1. The molecule has 0 radical (unpaired) electrons. The molecule has 1 saturated heterocycles. The molecule has 1 aliphatic carbocycles. The third kappa shape index (κ3) is 3.33. The zero-order chi connectivity index (χ0) is 10.5. The predicted molar refractivity (Wildman–Crippen MR) is 63.5 cm³/mol. The molecule has 2 aliphatic rings. The Morgan fingerprint density at radius 3 is 2.60 bits per heavy atom. The molecule has 3 heteroatoms. The van der Waals surface area contributed by atoms with E-state index in [1.807, 2.05) is 0 Å². The first-order chi connectivity index (χ1) is 7.40. The molecule has 88 valence electrons. The van der Waals surface area contributed by atoms with Gasteiger partial charge in [0.05, 0.1) is 6.10 Å². The molecular formula is C12H22ClNO. The highest BCUT2D eigenvalue weighted by Crippen LogP contribution is 2.26. The van der Waals surface area contributed by atoms with E-state index >= 15 is 0 Å². The van der Waals surface area contributed by atoms with E-state index in [1.165, 1.54) is 32.1 Å². The summed E-state index contributed by atoms with van der Waals surface area (Å²) in [5, 5.41) is 0. The average molecular weight is 232 g/mol. The van der Waals surface area contributed by atoms with Crippen molar-refractivity contribution in [2.24, 2.45) is 0 Å². The van der Waals surface area contributed by atoms with E-state index in [4.69, 9.17) is 16.3 Å². The maximum absolute atomic E-state index is 5.77. The summed E-state index contributed by atoms with van der Waals surface area (Å²) in [6.45, 7) is 3.27. The summed E-state index contributed by atoms with van der Waals surface area (Å²) >= 11 is 5.77. The van der Waals surface area contributed by atoms with Crippen molar-refractivity contribution in [3.63, 3.8) is 0 Å². The van der Waals surface area contributed by atoms with Crippen LogP contribution in [0.1, 0.15) is 38.5 Å². The summed E-state index contributed by atoms with van der Waals surface area (Å²) in [6.07, 6.45) is 8.30. The van der Waals surface area contributed by atoms with Crippen LogP contribution in [0.3, 0.4) is 0 Å². The Morgan fingerprint density at radius 2 is 2.07 bits per heavy atom. The van der Waals surface area contributed by atoms with Gasteiger partial charge in [0.2, 0.25) is 0 Å². The van der Waals surface area contributed by atoms with Crippen molar-refractivity contribution in [1.82, 2.24) is 4.90 Å². The molecule has 2 rings (SSSR count). The molecule has 15 heavy (non-hydrogen) atoms. The van der Waals surface area contributed by atoms with Gasteiger partial charge in [-0.2, -0.15) is 0 Å². The minimum absolute atomic E-state index is 0.501. The van der Waals surface area contributed by atoms with Crippen molar-refractivity contribution in [2.75, 3.05) is 25.6 Å². The molecule has 1 atom stereocenters. The van der Waals surface area contributed by atoms with Crippen LogP contribution in [0.4, 0.5) is 0 Å². The normalized spacial score (nSPS) is 27.2. The van der Waals surface area contributed by atoms with Gasteiger partial charge in [0.1, 0.15) is 0 Å².